The largest absolute Gasteiger partial charge is 0.337 e. The summed E-state index contributed by atoms with van der Waals surface area (Å²) in [5, 5.41) is 0.345. The number of halogens is 3. The fraction of sp³-hybridized carbons (Fsp3) is 0.417. The summed E-state index contributed by atoms with van der Waals surface area (Å²) in [6.45, 7) is 2.90. The van der Waals surface area contributed by atoms with Crippen LogP contribution in [0.3, 0.4) is 0 Å². The van der Waals surface area contributed by atoms with Gasteiger partial charge in [0.25, 0.3) is 5.91 Å². The van der Waals surface area contributed by atoms with Gasteiger partial charge < -0.3 is 4.90 Å². The monoisotopic (exact) mass is 277 g/mol. The highest BCUT2D eigenvalue weighted by Crippen LogP contribution is 2.17. The zero-order chi connectivity index (χ0) is 12.8. The third-order valence-electron chi connectivity index (χ3n) is 2.29. The summed E-state index contributed by atoms with van der Waals surface area (Å²) in [6, 6.07) is 3.95. The number of amides is 1. The zero-order valence-corrected chi connectivity index (χ0v) is 11.1. The topological polar surface area (TPSA) is 20.3 Å². The van der Waals surface area contributed by atoms with Crippen molar-refractivity contribution in [2.24, 2.45) is 0 Å². The summed E-state index contributed by atoms with van der Waals surface area (Å²) < 4.78 is 13.5. The molecule has 94 valence electrons. The molecule has 0 spiro atoms. The van der Waals surface area contributed by atoms with E-state index in [0.29, 0.717) is 24.0 Å². The number of alkyl halides is 1. The SMILES string of the molecule is CCCN(CCCl)C(=O)c1cc(Cl)ccc1F. The predicted octanol–water partition coefficient (Wildman–Crippen LogP) is 3.57. The maximum absolute atomic E-state index is 13.5. The smallest absolute Gasteiger partial charge is 0.256 e. The Morgan fingerprint density at radius 1 is 1.41 bits per heavy atom. The quantitative estimate of drug-likeness (QED) is 0.754. The highest BCUT2D eigenvalue weighted by atomic mass is 35.5. The maximum Gasteiger partial charge on any atom is 0.256 e. The highest BCUT2D eigenvalue weighted by molar-refractivity contribution is 6.31. The van der Waals surface area contributed by atoms with Crippen LogP contribution < -0.4 is 0 Å². The molecule has 0 aliphatic heterocycles. The van der Waals surface area contributed by atoms with Crippen molar-refractivity contribution in [2.45, 2.75) is 13.3 Å². The first-order valence-corrected chi connectivity index (χ1v) is 6.31. The Kier molecular flexibility index (Phi) is 5.72. The normalized spacial score (nSPS) is 10.4. The van der Waals surface area contributed by atoms with Crippen molar-refractivity contribution < 1.29 is 9.18 Å². The molecule has 0 aliphatic carbocycles. The van der Waals surface area contributed by atoms with E-state index in [1.807, 2.05) is 6.92 Å². The number of carbonyl (C=O) groups excluding carboxylic acids is 1. The van der Waals surface area contributed by atoms with Crippen molar-refractivity contribution in [2.75, 3.05) is 19.0 Å². The molecule has 17 heavy (non-hydrogen) atoms. The van der Waals surface area contributed by atoms with Crippen molar-refractivity contribution in [3.8, 4) is 0 Å². The zero-order valence-electron chi connectivity index (χ0n) is 9.55. The van der Waals surface area contributed by atoms with E-state index in [9.17, 15) is 9.18 Å². The summed E-state index contributed by atoms with van der Waals surface area (Å²) in [7, 11) is 0. The molecule has 0 bridgehead atoms. The fourth-order valence-corrected chi connectivity index (χ4v) is 1.89. The average Bonchev–Trinajstić information content (AvgIpc) is 2.31. The van der Waals surface area contributed by atoms with E-state index in [1.54, 1.807) is 0 Å². The van der Waals surface area contributed by atoms with E-state index >= 15 is 0 Å². The minimum absolute atomic E-state index is 0.00364. The van der Waals surface area contributed by atoms with Gasteiger partial charge in [0.15, 0.2) is 0 Å². The van der Waals surface area contributed by atoms with Crippen LogP contribution in [0.4, 0.5) is 4.39 Å². The second-order valence-corrected chi connectivity index (χ2v) is 4.42. The van der Waals surface area contributed by atoms with E-state index in [2.05, 4.69) is 0 Å². The lowest BCUT2D eigenvalue weighted by molar-refractivity contribution is 0.0761. The van der Waals surface area contributed by atoms with Gasteiger partial charge in [-0.3, -0.25) is 4.79 Å². The van der Waals surface area contributed by atoms with Gasteiger partial charge in [0.2, 0.25) is 0 Å². The molecule has 0 N–H and O–H groups in total. The van der Waals surface area contributed by atoms with Crippen molar-refractivity contribution in [3.05, 3.63) is 34.6 Å². The lowest BCUT2D eigenvalue weighted by atomic mass is 10.2. The fourth-order valence-electron chi connectivity index (χ4n) is 1.52. The van der Waals surface area contributed by atoms with Crippen LogP contribution >= 0.6 is 23.2 Å². The molecule has 0 heterocycles. The van der Waals surface area contributed by atoms with Crippen molar-refractivity contribution >= 4 is 29.1 Å². The Balaban J connectivity index is 2.95. The van der Waals surface area contributed by atoms with E-state index in [4.69, 9.17) is 23.2 Å². The standard InChI is InChI=1S/C12H14Cl2FNO/c1-2-6-16(7-5-13)12(17)10-8-9(14)3-4-11(10)15/h3-4,8H,2,5-7H2,1H3. The van der Waals surface area contributed by atoms with Gasteiger partial charge in [-0.2, -0.15) is 0 Å². The van der Waals surface area contributed by atoms with Gasteiger partial charge in [-0.15, -0.1) is 11.6 Å². The summed E-state index contributed by atoms with van der Waals surface area (Å²) in [5.74, 6) is -0.601. The van der Waals surface area contributed by atoms with Crippen LogP contribution in [0.1, 0.15) is 23.7 Å². The van der Waals surface area contributed by atoms with Crippen LogP contribution in [-0.2, 0) is 0 Å². The molecule has 0 atom stereocenters. The first kappa shape index (κ1) is 14.3. The minimum atomic E-state index is -0.560. The maximum atomic E-state index is 13.5. The molecule has 0 aromatic heterocycles. The van der Waals surface area contributed by atoms with Crippen molar-refractivity contribution in [1.82, 2.24) is 4.90 Å². The van der Waals surface area contributed by atoms with Crippen LogP contribution in [-0.4, -0.2) is 29.8 Å². The molecule has 1 aromatic rings. The highest BCUT2D eigenvalue weighted by Gasteiger charge is 2.18. The molecule has 0 radical (unpaired) electrons. The average molecular weight is 278 g/mol. The van der Waals surface area contributed by atoms with E-state index in [1.165, 1.54) is 23.1 Å². The number of benzene rings is 1. The summed E-state index contributed by atoms with van der Waals surface area (Å²) in [4.78, 5) is 13.6. The van der Waals surface area contributed by atoms with Crippen LogP contribution in [0.25, 0.3) is 0 Å². The Bertz CT molecular complexity index is 392. The first-order valence-electron chi connectivity index (χ1n) is 5.40. The van der Waals surface area contributed by atoms with Gasteiger partial charge in [-0.25, -0.2) is 4.39 Å². The van der Waals surface area contributed by atoms with E-state index in [-0.39, 0.29) is 11.5 Å². The molecule has 1 amide bonds. The summed E-state index contributed by atoms with van der Waals surface area (Å²) in [6.07, 6.45) is 0.796. The van der Waals surface area contributed by atoms with E-state index < -0.39 is 5.82 Å². The van der Waals surface area contributed by atoms with Gasteiger partial charge in [0, 0.05) is 24.0 Å². The Morgan fingerprint density at radius 3 is 2.71 bits per heavy atom. The molecule has 0 fully saturated rings. The van der Waals surface area contributed by atoms with Gasteiger partial charge in [-0.05, 0) is 24.6 Å². The number of hydrogen-bond donors (Lipinski definition) is 0. The first-order chi connectivity index (χ1) is 8.10. The van der Waals surface area contributed by atoms with E-state index in [0.717, 1.165) is 6.42 Å². The molecular weight excluding hydrogens is 264 g/mol. The molecule has 0 saturated carbocycles. The Morgan fingerprint density at radius 2 is 2.12 bits per heavy atom. The van der Waals surface area contributed by atoms with Crippen molar-refractivity contribution in [1.29, 1.82) is 0 Å². The molecule has 0 saturated heterocycles. The van der Waals surface area contributed by atoms with Crippen LogP contribution in [0, 0.1) is 5.82 Å². The van der Waals surface area contributed by atoms with Crippen LogP contribution in [0.15, 0.2) is 18.2 Å². The van der Waals surface area contributed by atoms with Gasteiger partial charge in [0.05, 0.1) is 5.56 Å². The minimum Gasteiger partial charge on any atom is -0.337 e. The number of nitrogens with zero attached hydrogens (tertiary/aromatic N) is 1. The van der Waals surface area contributed by atoms with Gasteiger partial charge in [0.1, 0.15) is 5.82 Å². The van der Waals surface area contributed by atoms with Gasteiger partial charge >= 0.3 is 0 Å². The predicted molar refractivity (Wildman–Crippen MR) is 68.3 cm³/mol. The summed E-state index contributed by atoms with van der Waals surface area (Å²) in [5.41, 5.74) is -0.00364. The Labute approximate surface area is 110 Å². The molecule has 2 nitrogen and oxygen atoms in total. The van der Waals surface area contributed by atoms with Crippen LogP contribution in [0.5, 0.6) is 0 Å². The molecule has 5 heteroatoms. The number of hydrogen-bond acceptors (Lipinski definition) is 1. The molecule has 1 rings (SSSR count). The molecule has 0 unspecified atom stereocenters. The molecule has 1 aromatic carbocycles. The van der Waals surface area contributed by atoms with Crippen molar-refractivity contribution in [3.63, 3.8) is 0 Å². The lowest BCUT2D eigenvalue weighted by Gasteiger charge is -2.21. The second kappa shape index (κ2) is 6.82. The lowest BCUT2D eigenvalue weighted by Crippen LogP contribution is -2.34. The second-order valence-electron chi connectivity index (χ2n) is 3.61. The molecule has 0 aliphatic rings. The number of rotatable bonds is 5. The third kappa shape index (κ3) is 3.86. The Hall–Kier alpha value is -0.800. The molecular formula is C12H14Cl2FNO. The summed E-state index contributed by atoms with van der Waals surface area (Å²) >= 11 is 11.4. The van der Waals surface area contributed by atoms with Gasteiger partial charge in [-0.1, -0.05) is 18.5 Å². The number of carbonyl (C=O) groups is 1. The third-order valence-corrected chi connectivity index (χ3v) is 2.70. The van der Waals surface area contributed by atoms with Crippen LogP contribution in [0.2, 0.25) is 5.02 Å².